The first-order chi connectivity index (χ1) is 2.00. The third-order valence-electron chi connectivity index (χ3n) is 0. The number of hydrogen-bond acceptors (Lipinski definition) is 2. The van der Waals surface area contributed by atoms with Crippen molar-refractivity contribution in [2.45, 2.75) is 0 Å². The van der Waals surface area contributed by atoms with E-state index in [9.17, 15) is 0 Å². The van der Waals surface area contributed by atoms with Crippen LogP contribution in [-0.4, -0.2) is 49.0 Å². The molecule has 0 saturated carbocycles. The summed E-state index contributed by atoms with van der Waals surface area (Å²) in [5.74, 6) is 0. The Bertz CT molecular complexity index is 90.7. The summed E-state index contributed by atoms with van der Waals surface area (Å²) in [5, 5.41) is 0. The fraction of sp³-hybridized carbons (Fsp3) is 0. The van der Waals surface area contributed by atoms with Crippen molar-refractivity contribution in [3.63, 3.8) is 0 Å². The summed E-state index contributed by atoms with van der Waals surface area (Å²) in [6.45, 7) is 0. The van der Waals surface area contributed by atoms with Crippen molar-refractivity contribution in [1.29, 1.82) is 0 Å². The van der Waals surface area contributed by atoms with Crippen molar-refractivity contribution in [2.24, 2.45) is 0 Å². The van der Waals surface area contributed by atoms with Crippen LogP contribution >= 0.6 is 0 Å². The Balaban J connectivity index is 0. The zero-order valence-corrected chi connectivity index (χ0v) is 4.45. The smallest absolute Gasteiger partial charge is 0.316 e. The van der Waals surface area contributed by atoms with Gasteiger partial charge in [-0.3, -0.25) is 0 Å². The SMILES string of the molecule is O=[Te](=O)(O)O.[MgH2]. The predicted molar refractivity (Wildman–Crippen MR) is 20.1 cm³/mol. The van der Waals surface area contributed by atoms with E-state index in [-0.39, 0.29) is 23.1 Å². The van der Waals surface area contributed by atoms with Crippen LogP contribution in [0.2, 0.25) is 0 Å². The molecule has 0 fully saturated rings. The normalized spacial score (nSPS) is 9.67. The van der Waals surface area contributed by atoms with Crippen molar-refractivity contribution in [3.05, 3.63) is 0 Å². The van der Waals surface area contributed by atoms with E-state index in [2.05, 4.69) is 0 Å². The van der Waals surface area contributed by atoms with Gasteiger partial charge in [0.1, 0.15) is 0 Å². The van der Waals surface area contributed by atoms with Crippen molar-refractivity contribution < 1.29 is 13.2 Å². The Hall–Kier alpha value is 1.08. The molecule has 0 aromatic carbocycles. The predicted octanol–water partition coefficient (Wildman–Crippen LogP) is -2.65. The fourth-order valence-corrected chi connectivity index (χ4v) is 0. The molecule has 4 nitrogen and oxygen atoms in total. The molecule has 6 heteroatoms. The molecule has 0 amide bonds. The zero-order chi connectivity index (χ0) is 4.50. The van der Waals surface area contributed by atoms with Gasteiger partial charge in [-0.25, -0.2) is 0 Å². The molecule has 0 aliphatic heterocycles. The van der Waals surface area contributed by atoms with Crippen LogP contribution in [0.15, 0.2) is 0 Å². The first kappa shape index (κ1) is 10.1. The maximum absolute atomic E-state index is 8.85. The molecular weight excluding hydrogens is 216 g/mol. The average molecular weight is 220 g/mol. The van der Waals surface area contributed by atoms with Crippen LogP contribution in [0.25, 0.3) is 0 Å². The third-order valence-corrected chi connectivity index (χ3v) is 0. The quantitative estimate of drug-likeness (QED) is 0.437. The maximum atomic E-state index is 8.85. The largest absolute Gasteiger partial charge is 0.316 e. The van der Waals surface area contributed by atoms with E-state index in [1.165, 1.54) is 0 Å². The molecule has 2 N–H and O–H groups in total. The van der Waals surface area contributed by atoms with Gasteiger partial charge < -0.3 is 0 Å². The molecule has 0 aromatic rings. The summed E-state index contributed by atoms with van der Waals surface area (Å²) in [7, 11) is 0. The van der Waals surface area contributed by atoms with Crippen molar-refractivity contribution in [3.8, 4) is 0 Å². The van der Waals surface area contributed by atoms with Crippen LogP contribution in [0.3, 0.4) is 0 Å². The fourth-order valence-electron chi connectivity index (χ4n) is 0. The first-order valence-electron chi connectivity index (χ1n) is 0.698. The van der Waals surface area contributed by atoms with Gasteiger partial charge in [0.2, 0.25) is 0 Å². The van der Waals surface area contributed by atoms with Crippen molar-refractivity contribution >= 4 is 42.0 Å². The molecule has 6 heavy (non-hydrogen) atoms. The van der Waals surface area contributed by atoms with Gasteiger partial charge in [-0.05, 0) is 0 Å². The minimum absolute atomic E-state index is 0. The van der Waals surface area contributed by atoms with Gasteiger partial charge in [-0.1, -0.05) is 0 Å². The molecule has 0 spiro atoms. The molecule has 0 radical (unpaired) electrons. The van der Waals surface area contributed by atoms with Crippen molar-refractivity contribution in [1.82, 2.24) is 0 Å². The average Bonchev–Trinajstić information content (AvgIpc) is 0.722. The molecule has 0 aromatic heterocycles. The van der Waals surface area contributed by atoms with Gasteiger partial charge >= 0.3 is 55.2 Å². The monoisotopic (exact) mass is 222 g/mol. The van der Waals surface area contributed by atoms with E-state index in [4.69, 9.17) is 13.2 Å². The van der Waals surface area contributed by atoms with Crippen molar-refractivity contribution in [2.75, 3.05) is 0 Å². The van der Waals surface area contributed by atoms with E-state index in [1.807, 2.05) is 0 Å². The van der Waals surface area contributed by atoms with Gasteiger partial charge in [0.25, 0.3) is 0 Å². The van der Waals surface area contributed by atoms with Crippen LogP contribution in [0.1, 0.15) is 0 Å². The Morgan fingerprint density at radius 2 is 1.17 bits per heavy atom. The first-order valence-corrected chi connectivity index (χ1v) is 4.69. The summed E-state index contributed by atoms with van der Waals surface area (Å²) in [6.07, 6.45) is 0. The van der Waals surface area contributed by atoms with Crippen LogP contribution in [-0.2, 0) is 6.21 Å². The Morgan fingerprint density at radius 3 is 1.17 bits per heavy atom. The molecule has 0 saturated heterocycles. The van der Waals surface area contributed by atoms with Crippen LogP contribution in [0.4, 0.5) is 0 Å². The second kappa shape index (κ2) is 3.13. The molecule has 0 rings (SSSR count). The van der Waals surface area contributed by atoms with Gasteiger partial charge in [0.05, 0.1) is 0 Å². The van der Waals surface area contributed by atoms with Crippen LogP contribution in [0, 0.1) is 0 Å². The summed E-state index contributed by atoms with van der Waals surface area (Å²) >= 11 is -5.52. The Kier molecular flexibility index (Phi) is 5.28. The minimum Gasteiger partial charge on any atom is 0.316 e. The summed E-state index contributed by atoms with van der Waals surface area (Å²) in [5.41, 5.74) is 0. The zero-order valence-electron chi connectivity index (χ0n) is 2.12. The van der Waals surface area contributed by atoms with E-state index in [1.54, 1.807) is 0 Å². The third kappa shape index (κ3) is 72.9. The number of hydrogen-bond donors (Lipinski definition) is 2. The van der Waals surface area contributed by atoms with E-state index >= 15 is 0 Å². The summed E-state index contributed by atoms with van der Waals surface area (Å²) < 4.78 is 32.0. The molecule has 36 valence electrons. The molecule has 0 heterocycles. The van der Waals surface area contributed by atoms with E-state index in [0.29, 0.717) is 0 Å². The summed E-state index contributed by atoms with van der Waals surface area (Å²) in [4.78, 5) is 0. The van der Waals surface area contributed by atoms with Gasteiger partial charge in [0, 0.05) is 0 Å². The van der Waals surface area contributed by atoms with Gasteiger partial charge in [0.15, 0.2) is 0 Å². The second-order valence-corrected chi connectivity index (χ2v) is 3.00. The van der Waals surface area contributed by atoms with E-state index in [0.717, 1.165) is 0 Å². The molecular formula is H4MgO4Te. The minimum atomic E-state index is -5.52. The Labute approximate surface area is 55.0 Å². The van der Waals surface area contributed by atoms with Crippen LogP contribution in [0.5, 0.6) is 0 Å². The molecule has 0 atom stereocenters. The van der Waals surface area contributed by atoms with Gasteiger partial charge in [-0.15, -0.1) is 0 Å². The number of rotatable bonds is 0. The molecule has 0 bridgehead atoms. The maximum Gasteiger partial charge on any atom is 0.316 e. The topological polar surface area (TPSA) is 74.6 Å². The molecule has 0 unspecified atom stereocenters. The van der Waals surface area contributed by atoms with Crippen LogP contribution < -0.4 is 0 Å². The van der Waals surface area contributed by atoms with E-state index < -0.39 is 19.0 Å². The standard InChI is InChI=1S/Mg.H2O4Te.2H/c;1-5(2,3)4;;/h;(H2,1,2,3,4);;. The second-order valence-electron chi connectivity index (χ2n) is 0.448. The molecule has 0 aliphatic carbocycles. The molecule has 0 aliphatic rings. The van der Waals surface area contributed by atoms with Gasteiger partial charge in [-0.2, -0.15) is 0 Å². The Morgan fingerprint density at radius 1 is 1.17 bits per heavy atom. The summed E-state index contributed by atoms with van der Waals surface area (Å²) in [6, 6.07) is 0.